The van der Waals surface area contributed by atoms with Crippen molar-refractivity contribution in [2.24, 2.45) is 0 Å². The quantitative estimate of drug-likeness (QED) is 0.728. The van der Waals surface area contributed by atoms with Crippen LogP contribution in [0.3, 0.4) is 0 Å². The van der Waals surface area contributed by atoms with Gasteiger partial charge in [0, 0.05) is 36.7 Å². The van der Waals surface area contributed by atoms with Crippen LogP contribution in [0.5, 0.6) is 0 Å². The van der Waals surface area contributed by atoms with Gasteiger partial charge in [-0.25, -0.2) is 8.42 Å². The van der Waals surface area contributed by atoms with Crippen LogP contribution in [0.25, 0.3) is 0 Å². The van der Waals surface area contributed by atoms with Crippen LogP contribution in [0, 0.1) is 0 Å². The second-order valence-corrected chi connectivity index (χ2v) is 11.1. The maximum Gasteiger partial charge on any atom is 0.248 e. The fourth-order valence-electron chi connectivity index (χ4n) is 3.45. The van der Waals surface area contributed by atoms with Gasteiger partial charge in [0.2, 0.25) is 15.9 Å². The normalized spacial score (nSPS) is 27.8. The minimum Gasteiger partial charge on any atom is -0.367 e. The number of sulfonamides is 1. The summed E-state index contributed by atoms with van der Waals surface area (Å²) in [6.45, 7) is 6.47. The molecule has 1 atom stereocenters. The first-order chi connectivity index (χ1) is 10.8. The van der Waals surface area contributed by atoms with Gasteiger partial charge < -0.3 is 9.64 Å². The Morgan fingerprint density at radius 2 is 1.96 bits per heavy atom. The Morgan fingerprint density at radius 3 is 2.57 bits per heavy atom. The average Bonchev–Trinajstić information content (AvgIpc) is 3.12. The van der Waals surface area contributed by atoms with E-state index in [4.69, 9.17) is 4.74 Å². The van der Waals surface area contributed by atoms with E-state index in [1.165, 1.54) is 0 Å². The van der Waals surface area contributed by atoms with Crippen LogP contribution < -0.4 is 0 Å². The number of thioether (sulfide) groups is 1. The first-order valence-electron chi connectivity index (χ1n) is 8.35. The van der Waals surface area contributed by atoms with E-state index in [1.54, 1.807) is 29.9 Å². The molecule has 1 spiro atoms. The van der Waals surface area contributed by atoms with Gasteiger partial charge in [0.15, 0.2) is 0 Å². The summed E-state index contributed by atoms with van der Waals surface area (Å²) in [5, 5.41) is -0.364. The van der Waals surface area contributed by atoms with Crippen LogP contribution in [-0.2, 0) is 19.6 Å². The van der Waals surface area contributed by atoms with Gasteiger partial charge in [-0.05, 0) is 33.1 Å². The summed E-state index contributed by atoms with van der Waals surface area (Å²) in [5.41, 5.74) is 0. The van der Waals surface area contributed by atoms with E-state index in [2.05, 4.69) is 0 Å². The van der Waals surface area contributed by atoms with Gasteiger partial charge >= 0.3 is 0 Å². The summed E-state index contributed by atoms with van der Waals surface area (Å²) in [6, 6.07) is 0. The molecule has 6 nitrogen and oxygen atoms in total. The predicted molar refractivity (Wildman–Crippen MR) is 91.0 cm³/mol. The summed E-state index contributed by atoms with van der Waals surface area (Å²) in [7, 11) is -3.14. The molecule has 1 amide bonds. The van der Waals surface area contributed by atoms with Crippen molar-refractivity contribution in [2.45, 2.75) is 49.2 Å². The molecule has 8 heteroatoms. The van der Waals surface area contributed by atoms with Crippen molar-refractivity contribution in [1.82, 2.24) is 9.21 Å². The zero-order chi connectivity index (χ0) is 16.7. The summed E-state index contributed by atoms with van der Waals surface area (Å²) >= 11 is 1.80. The van der Waals surface area contributed by atoms with Gasteiger partial charge in [0.1, 0.15) is 6.61 Å². The highest BCUT2D eigenvalue weighted by molar-refractivity contribution is 8.01. The molecule has 0 aromatic heterocycles. The van der Waals surface area contributed by atoms with Crippen molar-refractivity contribution in [3.63, 3.8) is 0 Å². The molecular formula is C15H26N2O4S2. The molecule has 0 saturated carbocycles. The lowest BCUT2D eigenvalue weighted by Crippen LogP contribution is -2.61. The van der Waals surface area contributed by atoms with Crippen LogP contribution in [0.4, 0.5) is 0 Å². The molecular weight excluding hydrogens is 336 g/mol. The van der Waals surface area contributed by atoms with Crippen molar-refractivity contribution in [3.8, 4) is 0 Å². The number of rotatable bonds is 5. The fourth-order valence-corrected chi connectivity index (χ4v) is 6.62. The summed E-state index contributed by atoms with van der Waals surface area (Å²) in [5.74, 6) is 0.939. The Hall–Kier alpha value is -0.310. The molecule has 132 valence electrons. The third-order valence-electron chi connectivity index (χ3n) is 4.96. The number of carbonyl (C=O) groups excluding carboxylic acids is 1. The lowest BCUT2D eigenvalue weighted by molar-refractivity contribution is -0.136. The molecule has 0 N–H and O–H groups in total. The highest BCUT2D eigenvalue weighted by atomic mass is 32.2. The standard InChI is InChI=1S/C15H26N2O4S2/c1-12(2)23(19,20)17-10-15(11-17)7-13(9-22-15)21-8-14(18)16-5-3-4-6-16/h12-13H,3-11H2,1-2H3. The number of carbonyl (C=O) groups is 1. The van der Waals surface area contributed by atoms with Crippen molar-refractivity contribution in [3.05, 3.63) is 0 Å². The van der Waals surface area contributed by atoms with E-state index >= 15 is 0 Å². The molecule has 3 rings (SSSR count). The van der Waals surface area contributed by atoms with Crippen LogP contribution in [0.2, 0.25) is 0 Å². The zero-order valence-corrected chi connectivity index (χ0v) is 15.5. The van der Waals surface area contributed by atoms with E-state index in [-0.39, 0.29) is 28.6 Å². The molecule has 0 bridgehead atoms. The lowest BCUT2D eigenvalue weighted by atomic mass is 9.95. The van der Waals surface area contributed by atoms with E-state index in [9.17, 15) is 13.2 Å². The van der Waals surface area contributed by atoms with Crippen molar-refractivity contribution >= 4 is 27.7 Å². The second-order valence-electron chi connectivity index (χ2n) is 7.08. The number of hydrogen-bond donors (Lipinski definition) is 0. The number of hydrogen-bond acceptors (Lipinski definition) is 5. The molecule has 0 aliphatic carbocycles. The van der Waals surface area contributed by atoms with Gasteiger partial charge in [-0.3, -0.25) is 4.79 Å². The average molecular weight is 363 g/mol. The Balaban J connectivity index is 1.44. The first kappa shape index (κ1) is 17.5. The maximum absolute atomic E-state index is 12.1. The van der Waals surface area contributed by atoms with Gasteiger partial charge in [0.25, 0.3) is 0 Å². The second kappa shape index (κ2) is 6.54. The fraction of sp³-hybridized carbons (Fsp3) is 0.933. The predicted octanol–water partition coefficient (Wildman–Crippen LogP) is 0.923. The summed E-state index contributed by atoms with van der Waals surface area (Å²) in [4.78, 5) is 13.9. The monoisotopic (exact) mass is 362 g/mol. The largest absolute Gasteiger partial charge is 0.367 e. The van der Waals surface area contributed by atoms with Gasteiger partial charge in [-0.15, -0.1) is 11.8 Å². The van der Waals surface area contributed by atoms with E-state index in [0.29, 0.717) is 13.1 Å². The molecule has 1 unspecified atom stereocenters. The first-order valence-corrected chi connectivity index (χ1v) is 10.8. The minimum absolute atomic E-state index is 0.00329. The molecule has 0 aromatic rings. The molecule has 3 fully saturated rings. The molecule has 3 saturated heterocycles. The van der Waals surface area contributed by atoms with E-state index < -0.39 is 10.0 Å². The van der Waals surface area contributed by atoms with Crippen molar-refractivity contribution in [1.29, 1.82) is 0 Å². The molecule has 23 heavy (non-hydrogen) atoms. The molecule has 3 aliphatic rings. The molecule has 0 radical (unpaired) electrons. The third kappa shape index (κ3) is 3.55. The topological polar surface area (TPSA) is 66.9 Å². The van der Waals surface area contributed by atoms with Crippen LogP contribution in [0.15, 0.2) is 0 Å². The Morgan fingerprint density at radius 1 is 1.30 bits per heavy atom. The highest BCUT2D eigenvalue weighted by Gasteiger charge is 2.53. The van der Waals surface area contributed by atoms with Gasteiger partial charge in [-0.2, -0.15) is 4.31 Å². The number of nitrogens with zero attached hydrogens (tertiary/aromatic N) is 2. The number of ether oxygens (including phenoxy) is 1. The Kier molecular flexibility index (Phi) is 4.98. The smallest absolute Gasteiger partial charge is 0.248 e. The van der Waals surface area contributed by atoms with Gasteiger partial charge in [0.05, 0.1) is 11.4 Å². The van der Waals surface area contributed by atoms with Crippen molar-refractivity contribution < 1.29 is 17.9 Å². The third-order valence-corrected chi connectivity index (χ3v) is 8.71. The molecule has 0 aromatic carbocycles. The minimum atomic E-state index is -3.14. The van der Waals surface area contributed by atoms with Gasteiger partial charge in [-0.1, -0.05) is 0 Å². The highest BCUT2D eigenvalue weighted by Crippen LogP contribution is 2.47. The maximum atomic E-state index is 12.1. The van der Waals surface area contributed by atoms with Crippen molar-refractivity contribution in [2.75, 3.05) is 38.5 Å². The zero-order valence-electron chi connectivity index (χ0n) is 13.9. The summed E-state index contributed by atoms with van der Waals surface area (Å²) in [6.07, 6.45) is 3.09. The SMILES string of the molecule is CC(C)S(=O)(=O)N1CC2(CC(OCC(=O)N3CCCC3)CS2)C1. The Labute approximate surface area is 143 Å². The summed E-state index contributed by atoms with van der Waals surface area (Å²) < 4.78 is 31.6. The van der Waals surface area contributed by atoms with Crippen LogP contribution in [0.1, 0.15) is 33.1 Å². The van der Waals surface area contributed by atoms with E-state index in [0.717, 1.165) is 38.1 Å². The van der Waals surface area contributed by atoms with Crippen LogP contribution >= 0.6 is 11.8 Å². The van der Waals surface area contributed by atoms with E-state index in [1.807, 2.05) is 4.90 Å². The molecule has 3 heterocycles. The molecule has 3 aliphatic heterocycles. The van der Waals surface area contributed by atoms with Crippen LogP contribution in [-0.4, -0.2) is 78.2 Å². The number of amides is 1. The number of likely N-dealkylation sites (tertiary alicyclic amines) is 1. The lowest BCUT2D eigenvalue weighted by Gasteiger charge is -2.47. The Bertz CT molecular complexity index is 552.